The summed E-state index contributed by atoms with van der Waals surface area (Å²) >= 11 is 1.47. The number of carbonyl (C=O) groups excluding carboxylic acids is 2. The third-order valence-electron chi connectivity index (χ3n) is 4.12. The molecule has 1 atom stereocenters. The molecular weight excluding hydrogens is 348 g/mol. The van der Waals surface area contributed by atoms with Gasteiger partial charge < -0.3 is 15.4 Å². The van der Waals surface area contributed by atoms with Gasteiger partial charge in [-0.1, -0.05) is 12.1 Å². The molecule has 6 heteroatoms. The third-order valence-corrected chi connectivity index (χ3v) is 5.23. The van der Waals surface area contributed by atoms with Gasteiger partial charge in [0, 0.05) is 16.5 Å². The number of methoxy groups -OCH3 is 1. The van der Waals surface area contributed by atoms with Gasteiger partial charge in [-0.2, -0.15) is 0 Å². The molecule has 26 heavy (non-hydrogen) atoms. The van der Waals surface area contributed by atoms with E-state index in [1.165, 1.54) is 11.8 Å². The Kier molecular flexibility index (Phi) is 5.83. The van der Waals surface area contributed by atoms with Crippen LogP contribution in [-0.2, 0) is 9.59 Å². The highest BCUT2D eigenvalue weighted by Gasteiger charge is 2.29. The summed E-state index contributed by atoms with van der Waals surface area (Å²) in [5.74, 6) is 0.817. The van der Waals surface area contributed by atoms with Crippen molar-refractivity contribution in [2.24, 2.45) is 5.92 Å². The standard InChI is InChI=1S/C20H22N2O3S/c1-13(19(23)22-17-5-3-4-6-18(17)25-2)26-16-11-9-15(10-12-16)21-20(24)14-7-8-14/h3-6,9-14H,7-8H2,1-2H3,(H,21,24)(H,22,23). The minimum Gasteiger partial charge on any atom is -0.495 e. The molecule has 2 amide bonds. The Hall–Kier alpha value is -2.47. The van der Waals surface area contributed by atoms with Crippen LogP contribution in [0.2, 0.25) is 0 Å². The number of carbonyl (C=O) groups is 2. The van der Waals surface area contributed by atoms with Gasteiger partial charge in [-0.15, -0.1) is 11.8 Å². The number of ether oxygens (including phenoxy) is 1. The van der Waals surface area contributed by atoms with Crippen molar-refractivity contribution in [2.75, 3.05) is 17.7 Å². The second-order valence-corrected chi connectivity index (χ2v) is 7.65. The Bertz CT molecular complexity index is 788. The van der Waals surface area contributed by atoms with Crippen LogP contribution in [0.3, 0.4) is 0 Å². The average Bonchev–Trinajstić information content (AvgIpc) is 3.49. The lowest BCUT2D eigenvalue weighted by Crippen LogP contribution is -2.22. The summed E-state index contributed by atoms with van der Waals surface area (Å²) in [4.78, 5) is 25.2. The van der Waals surface area contributed by atoms with E-state index in [0.29, 0.717) is 11.4 Å². The Morgan fingerprint density at radius 2 is 1.77 bits per heavy atom. The van der Waals surface area contributed by atoms with E-state index >= 15 is 0 Å². The lowest BCUT2D eigenvalue weighted by Gasteiger charge is -2.14. The largest absolute Gasteiger partial charge is 0.495 e. The summed E-state index contributed by atoms with van der Waals surface area (Å²) in [6.07, 6.45) is 1.97. The molecule has 2 N–H and O–H groups in total. The summed E-state index contributed by atoms with van der Waals surface area (Å²) in [7, 11) is 1.58. The molecule has 0 aliphatic heterocycles. The number of benzene rings is 2. The van der Waals surface area contributed by atoms with Gasteiger partial charge in [0.1, 0.15) is 5.75 Å². The van der Waals surface area contributed by atoms with Gasteiger partial charge in [0.15, 0.2) is 0 Å². The predicted molar refractivity (Wildman–Crippen MR) is 105 cm³/mol. The van der Waals surface area contributed by atoms with Crippen LogP contribution < -0.4 is 15.4 Å². The fourth-order valence-electron chi connectivity index (χ4n) is 2.45. The van der Waals surface area contributed by atoms with Crippen molar-refractivity contribution >= 4 is 35.0 Å². The predicted octanol–water partition coefficient (Wildman–Crippen LogP) is 4.16. The van der Waals surface area contributed by atoms with Crippen molar-refractivity contribution in [3.8, 4) is 5.75 Å². The van der Waals surface area contributed by atoms with Crippen molar-refractivity contribution in [2.45, 2.75) is 29.9 Å². The molecule has 1 fully saturated rings. The molecule has 0 aromatic heterocycles. The van der Waals surface area contributed by atoms with Crippen molar-refractivity contribution in [1.82, 2.24) is 0 Å². The summed E-state index contributed by atoms with van der Waals surface area (Å²) in [6, 6.07) is 14.9. The second kappa shape index (κ2) is 8.27. The van der Waals surface area contributed by atoms with E-state index in [9.17, 15) is 9.59 Å². The van der Waals surface area contributed by atoms with Gasteiger partial charge >= 0.3 is 0 Å². The van der Waals surface area contributed by atoms with E-state index in [2.05, 4.69) is 10.6 Å². The minimum atomic E-state index is -0.271. The molecule has 2 aromatic carbocycles. The van der Waals surface area contributed by atoms with E-state index in [1.807, 2.05) is 55.5 Å². The first-order valence-electron chi connectivity index (χ1n) is 8.58. The maximum atomic E-state index is 12.4. The Labute approximate surface area is 157 Å². The van der Waals surface area contributed by atoms with Gasteiger partial charge in [0.05, 0.1) is 18.0 Å². The molecule has 5 nitrogen and oxygen atoms in total. The van der Waals surface area contributed by atoms with E-state index in [1.54, 1.807) is 7.11 Å². The normalized spacial score (nSPS) is 14.4. The highest BCUT2D eigenvalue weighted by Crippen LogP contribution is 2.31. The maximum absolute atomic E-state index is 12.4. The summed E-state index contributed by atoms with van der Waals surface area (Å²) in [5.41, 5.74) is 1.45. The first-order valence-corrected chi connectivity index (χ1v) is 9.46. The lowest BCUT2D eigenvalue weighted by molar-refractivity contribution is -0.117. The molecule has 1 unspecified atom stereocenters. The SMILES string of the molecule is COc1ccccc1NC(=O)C(C)Sc1ccc(NC(=O)C2CC2)cc1. The lowest BCUT2D eigenvalue weighted by atomic mass is 10.3. The number of anilines is 2. The summed E-state index contributed by atoms with van der Waals surface area (Å²) in [5, 5.41) is 5.54. The molecule has 0 bridgehead atoms. The van der Waals surface area contributed by atoms with Crippen LogP contribution in [0, 0.1) is 5.92 Å². The van der Waals surface area contributed by atoms with E-state index in [4.69, 9.17) is 4.74 Å². The molecule has 1 saturated carbocycles. The number of hydrogen-bond acceptors (Lipinski definition) is 4. The Balaban J connectivity index is 1.55. The molecule has 136 valence electrons. The fourth-order valence-corrected chi connectivity index (χ4v) is 3.31. The van der Waals surface area contributed by atoms with Crippen LogP contribution in [0.1, 0.15) is 19.8 Å². The number of nitrogens with one attached hydrogen (secondary N) is 2. The van der Waals surface area contributed by atoms with E-state index in [0.717, 1.165) is 23.4 Å². The van der Waals surface area contributed by atoms with Gasteiger partial charge in [-0.3, -0.25) is 9.59 Å². The second-order valence-electron chi connectivity index (χ2n) is 6.24. The van der Waals surface area contributed by atoms with Crippen LogP contribution in [0.15, 0.2) is 53.4 Å². The molecule has 0 saturated heterocycles. The monoisotopic (exact) mass is 370 g/mol. The Morgan fingerprint density at radius 1 is 1.08 bits per heavy atom. The topological polar surface area (TPSA) is 67.4 Å². The molecule has 1 aliphatic rings. The zero-order valence-electron chi connectivity index (χ0n) is 14.8. The first kappa shape index (κ1) is 18.3. The molecule has 0 heterocycles. The molecular formula is C20H22N2O3S. The number of rotatable bonds is 7. The van der Waals surface area contributed by atoms with Crippen molar-refractivity contribution in [3.05, 3.63) is 48.5 Å². The summed E-state index contributed by atoms with van der Waals surface area (Å²) in [6.45, 7) is 1.86. The van der Waals surface area contributed by atoms with E-state index < -0.39 is 0 Å². The van der Waals surface area contributed by atoms with Crippen LogP contribution in [0.25, 0.3) is 0 Å². The fraction of sp³-hybridized carbons (Fsp3) is 0.300. The van der Waals surface area contributed by atoms with Gasteiger partial charge in [-0.25, -0.2) is 0 Å². The van der Waals surface area contributed by atoms with Gasteiger partial charge in [-0.05, 0) is 56.2 Å². The number of amides is 2. The maximum Gasteiger partial charge on any atom is 0.237 e. The highest BCUT2D eigenvalue weighted by atomic mass is 32.2. The molecule has 3 rings (SSSR count). The molecule has 1 aliphatic carbocycles. The molecule has 0 radical (unpaired) electrons. The minimum absolute atomic E-state index is 0.0920. The molecule has 2 aromatic rings. The smallest absolute Gasteiger partial charge is 0.237 e. The zero-order chi connectivity index (χ0) is 18.5. The van der Waals surface area contributed by atoms with Crippen LogP contribution in [0.4, 0.5) is 11.4 Å². The van der Waals surface area contributed by atoms with Crippen LogP contribution >= 0.6 is 11.8 Å². The van der Waals surface area contributed by atoms with E-state index in [-0.39, 0.29) is 23.0 Å². The third kappa shape index (κ3) is 4.79. The number of para-hydroxylation sites is 2. The molecule has 0 spiro atoms. The zero-order valence-corrected chi connectivity index (χ0v) is 15.6. The van der Waals surface area contributed by atoms with Crippen molar-refractivity contribution in [3.63, 3.8) is 0 Å². The van der Waals surface area contributed by atoms with Crippen molar-refractivity contribution in [1.29, 1.82) is 0 Å². The number of hydrogen-bond donors (Lipinski definition) is 2. The van der Waals surface area contributed by atoms with Crippen LogP contribution in [0.5, 0.6) is 5.75 Å². The first-order chi connectivity index (χ1) is 12.6. The van der Waals surface area contributed by atoms with Gasteiger partial charge in [0.2, 0.25) is 11.8 Å². The highest BCUT2D eigenvalue weighted by molar-refractivity contribution is 8.00. The Morgan fingerprint density at radius 3 is 2.42 bits per heavy atom. The number of thioether (sulfide) groups is 1. The average molecular weight is 370 g/mol. The van der Waals surface area contributed by atoms with Gasteiger partial charge in [0.25, 0.3) is 0 Å². The summed E-state index contributed by atoms with van der Waals surface area (Å²) < 4.78 is 5.25. The van der Waals surface area contributed by atoms with Crippen molar-refractivity contribution < 1.29 is 14.3 Å². The quantitative estimate of drug-likeness (QED) is 0.718. The van der Waals surface area contributed by atoms with Crippen LogP contribution in [-0.4, -0.2) is 24.2 Å².